The molecular weight excluding hydrogens is 276 g/mol. The minimum atomic E-state index is -0.939. The number of carbonyl (C=O) groups excluding carboxylic acids is 1. The molecule has 0 saturated carbocycles. The Morgan fingerprint density at radius 2 is 2.10 bits per heavy atom. The summed E-state index contributed by atoms with van der Waals surface area (Å²) in [7, 11) is 0.683. The van der Waals surface area contributed by atoms with Crippen molar-refractivity contribution >= 4 is 16.7 Å². The van der Waals surface area contributed by atoms with Crippen LogP contribution in [-0.4, -0.2) is 46.7 Å². The summed E-state index contributed by atoms with van der Waals surface area (Å²) in [5, 5.41) is 3.15. The molecule has 2 rings (SSSR count). The zero-order valence-corrected chi connectivity index (χ0v) is 12.8. The van der Waals surface area contributed by atoms with Gasteiger partial charge in [0.05, 0.1) is 13.7 Å². The molecule has 0 radical (unpaired) electrons. The summed E-state index contributed by atoms with van der Waals surface area (Å²) in [6.45, 7) is 2.71. The quantitative estimate of drug-likeness (QED) is 0.877. The summed E-state index contributed by atoms with van der Waals surface area (Å²) in [5.41, 5.74) is 1.01. The van der Waals surface area contributed by atoms with Gasteiger partial charge in [0.25, 0.3) is 0 Å². The summed E-state index contributed by atoms with van der Waals surface area (Å²) in [6, 6.07) is 7.63. The number of hydrogen-bond acceptors (Lipinski definition) is 4. The van der Waals surface area contributed by atoms with Crippen LogP contribution in [0.15, 0.2) is 24.3 Å². The first-order chi connectivity index (χ1) is 9.52. The van der Waals surface area contributed by atoms with Gasteiger partial charge in [-0.15, -0.1) is 0 Å². The van der Waals surface area contributed by atoms with E-state index < -0.39 is 10.8 Å². The Bertz CT molecular complexity index is 504. The molecule has 1 aliphatic rings. The van der Waals surface area contributed by atoms with Gasteiger partial charge >= 0.3 is 0 Å². The number of carbonyl (C=O) groups is 1. The van der Waals surface area contributed by atoms with Crippen LogP contribution < -0.4 is 10.1 Å². The molecule has 6 heteroatoms. The first-order valence-electron chi connectivity index (χ1n) is 6.52. The Hall–Kier alpha value is -1.40. The van der Waals surface area contributed by atoms with Crippen molar-refractivity contribution in [3.63, 3.8) is 0 Å². The van der Waals surface area contributed by atoms with Gasteiger partial charge in [0.2, 0.25) is 5.91 Å². The fourth-order valence-corrected chi connectivity index (χ4v) is 2.58. The summed E-state index contributed by atoms with van der Waals surface area (Å²) in [6.07, 6.45) is 1.51. The van der Waals surface area contributed by atoms with Crippen LogP contribution in [-0.2, 0) is 15.6 Å². The molecule has 5 nitrogen and oxygen atoms in total. The van der Waals surface area contributed by atoms with Crippen molar-refractivity contribution in [3.05, 3.63) is 29.8 Å². The van der Waals surface area contributed by atoms with E-state index in [2.05, 4.69) is 5.32 Å². The predicted molar refractivity (Wildman–Crippen MR) is 79.0 cm³/mol. The van der Waals surface area contributed by atoms with Gasteiger partial charge in [0, 0.05) is 28.9 Å². The molecule has 1 fully saturated rings. The molecule has 0 spiro atoms. The van der Waals surface area contributed by atoms with Gasteiger partial charge in [-0.05, 0) is 24.6 Å². The SMILES string of the molecule is COc1ccc(C2NCC(=O)N2CC(C)S(C)=O)cc1. The van der Waals surface area contributed by atoms with Crippen LogP contribution in [0, 0.1) is 0 Å². The van der Waals surface area contributed by atoms with E-state index in [1.54, 1.807) is 18.3 Å². The molecule has 0 bridgehead atoms. The maximum absolute atomic E-state index is 12.0. The van der Waals surface area contributed by atoms with Gasteiger partial charge < -0.3 is 9.64 Å². The first kappa shape index (κ1) is 15.0. The molecule has 0 aromatic heterocycles. The van der Waals surface area contributed by atoms with E-state index in [4.69, 9.17) is 4.74 Å². The smallest absolute Gasteiger partial charge is 0.238 e. The summed E-state index contributed by atoms with van der Waals surface area (Å²) in [4.78, 5) is 13.7. The highest BCUT2D eigenvalue weighted by atomic mass is 32.2. The van der Waals surface area contributed by atoms with E-state index in [0.29, 0.717) is 13.1 Å². The van der Waals surface area contributed by atoms with Crippen LogP contribution in [0.2, 0.25) is 0 Å². The van der Waals surface area contributed by atoms with Gasteiger partial charge in [0.15, 0.2) is 0 Å². The lowest BCUT2D eigenvalue weighted by Crippen LogP contribution is -2.37. The fraction of sp³-hybridized carbons (Fsp3) is 0.500. The Morgan fingerprint density at radius 3 is 2.65 bits per heavy atom. The Labute approximate surface area is 121 Å². The van der Waals surface area contributed by atoms with Crippen molar-refractivity contribution in [2.75, 3.05) is 26.5 Å². The van der Waals surface area contributed by atoms with E-state index in [1.165, 1.54) is 0 Å². The van der Waals surface area contributed by atoms with Crippen LogP contribution in [0.1, 0.15) is 18.7 Å². The molecule has 110 valence electrons. The van der Waals surface area contributed by atoms with Crippen molar-refractivity contribution < 1.29 is 13.7 Å². The molecule has 3 unspecified atom stereocenters. The summed E-state index contributed by atoms with van der Waals surface area (Å²) in [5.74, 6) is 0.829. The lowest BCUT2D eigenvalue weighted by molar-refractivity contribution is -0.128. The minimum Gasteiger partial charge on any atom is -0.497 e. The van der Waals surface area contributed by atoms with E-state index in [0.717, 1.165) is 11.3 Å². The number of hydrogen-bond donors (Lipinski definition) is 1. The van der Waals surface area contributed by atoms with Crippen LogP contribution in [0.3, 0.4) is 0 Å². The lowest BCUT2D eigenvalue weighted by Gasteiger charge is -2.26. The van der Waals surface area contributed by atoms with Crippen LogP contribution >= 0.6 is 0 Å². The molecular formula is C14H20N2O3S. The molecule has 1 aliphatic heterocycles. The molecule has 1 aromatic rings. The Morgan fingerprint density at radius 1 is 1.45 bits per heavy atom. The maximum Gasteiger partial charge on any atom is 0.238 e. The highest BCUT2D eigenvalue weighted by molar-refractivity contribution is 7.84. The highest BCUT2D eigenvalue weighted by Crippen LogP contribution is 2.24. The molecule has 1 amide bonds. The Balaban J connectivity index is 2.16. The van der Waals surface area contributed by atoms with Crippen molar-refractivity contribution in [2.45, 2.75) is 18.3 Å². The summed E-state index contributed by atoms with van der Waals surface area (Å²) >= 11 is 0. The zero-order chi connectivity index (χ0) is 14.7. The number of nitrogens with one attached hydrogen (secondary N) is 1. The van der Waals surface area contributed by atoms with Crippen molar-refractivity contribution in [1.82, 2.24) is 10.2 Å². The van der Waals surface area contributed by atoms with Gasteiger partial charge in [-0.2, -0.15) is 0 Å². The maximum atomic E-state index is 12.0. The number of rotatable bonds is 5. The second kappa shape index (κ2) is 6.37. The van der Waals surface area contributed by atoms with Gasteiger partial charge in [-0.3, -0.25) is 14.3 Å². The number of amides is 1. The molecule has 1 N–H and O–H groups in total. The first-order valence-corrected chi connectivity index (χ1v) is 8.14. The number of benzene rings is 1. The molecule has 20 heavy (non-hydrogen) atoms. The normalized spacial score (nSPS) is 21.9. The van der Waals surface area contributed by atoms with Gasteiger partial charge in [0.1, 0.15) is 11.9 Å². The van der Waals surface area contributed by atoms with E-state index in [9.17, 15) is 9.00 Å². The standard InChI is InChI=1S/C14H20N2O3S/c1-10(20(3)18)9-16-13(17)8-15-14(16)11-4-6-12(19-2)7-5-11/h4-7,10,14-15H,8-9H2,1-3H3. The average Bonchev–Trinajstić information content (AvgIpc) is 2.80. The summed E-state index contributed by atoms with van der Waals surface area (Å²) < 4.78 is 16.6. The second-order valence-electron chi connectivity index (χ2n) is 4.91. The molecule has 1 aromatic carbocycles. The zero-order valence-electron chi connectivity index (χ0n) is 12.0. The molecule has 1 heterocycles. The number of nitrogens with zero attached hydrogens (tertiary/aromatic N) is 1. The largest absolute Gasteiger partial charge is 0.497 e. The highest BCUT2D eigenvalue weighted by Gasteiger charge is 2.32. The number of ether oxygens (including phenoxy) is 1. The van der Waals surface area contributed by atoms with E-state index >= 15 is 0 Å². The molecule has 0 aliphatic carbocycles. The third-order valence-electron chi connectivity index (χ3n) is 3.53. The third-order valence-corrected chi connectivity index (χ3v) is 4.81. The monoisotopic (exact) mass is 296 g/mol. The predicted octanol–water partition coefficient (Wildman–Crippen LogP) is 0.893. The molecule has 1 saturated heterocycles. The third kappa shape index (κ3) is 3.19. The lowest BCUT2D eigenvalue weighted by atomic mass is 10.1. The van der Waals surface area contributed by atoms with Crippen molar-refractivity contribution in [3.8, 4) is 5.75 Å². The van der Waals surface area contributed by atoms with Gasteiger partial charge in [-0.1, -0.05) is 12.1 Å². The van der Waals surface area contributed by atoms with Crippen LogP contribution in [0.5, 0.6) is 5.75 Å². The van der Waals surface area contributed by atoms with Crippen molar-refractivity contribution in [2.24, 2.45) is 0 Å². The number of methoxy groups -OCH3 is 1. The van der Waals surface area contributed by atoms with Crippen molar-refractivity contribution in [1.29, 1.82) is 0 Å². The topological polar surface area (TPSA) is 58.6 Å². The Kier molecular flexibility index (Phi) is 4.77. The van der Waals surface area contributed by atoms with Crippen LogP contribution in [0.25, 0.3) is 0 Å². The van der Waals surface area contributed by atoms with Crippen LogP contribution in [0.4, 0.5) is 0 Å². The van der Waals surface area contributed by atoms with E-state index in [-0.39, 0.29) is 17.3 Å². The fourth-order valence-electron chi connectivity index (χ4n) is 2.21. The average molecular weight is 296 g/mol. The molecule has 3 atom stereocenters. The van der Waals surface area contributed by atoms with Gasteiger partial charge in [-0.25, -0.2) is 0 Å². The van der Waals surface area contributed by atoms with E-state index in [1.807, 2.05) is 31.2 Å². The minimum absolute atomic E-state index is 0.0420. The second-order valence-corrected chi connectivity index (χ2v) is 6.71.